The first-order chi connectivity index (χ1) is 7.00. The van der Waals surface area contributed by atoms with Crippen LogP contribution in [-0.2, 0) is 14.3 Å². The van der Waals surface area contributed by atoms with Crippen LogP contribution in [0.25, 0.3) is 0 Å². The molecule has 6 heteroatoms. The molecular weight excluding hydrogens is 208 g/mol. The van der Waals surface area contributed by atoms with Crippen LogP contribution < -0.4 is 0 Å². The Kier molecular flexibility index (Phi) is 2.15. The highest BCUT2D eigenvalue weighted by Gasteiger charge is 2.66. The number of hydrogen-bond acceptors (Lipinski definition) is 4. The summed E-state index contributed by atoms with van der Waals surface area (Å²) in [5.74, 6) is -0.699. The molecule has 0 aromatic heterocycles. The monoisotopic (exact) mass is 217 g/mol. The first-order valence-electron chi connectivity index (χ1n) is 4.54. The third-order valence-corrected chi connectivity index (χ3v) is 2.75. The Hall–Kier alpha value is -1.22. The van der Waals surface area contributed by atoms with E-state index in [0.29, 0.717) is 0 Å². The third kappa shape index (κ3) is 1.30. The fraction of sp³-hybridized carbons (Fsp3) is 0.778. The van der Waals surface area contributed by atoms with Gasteiger partial charge in [0.2, 0.25) is 5.60 Å². The third-order valence-electron chi connectivity index (χ3n) is 2.75. The zero-order valence-electron chi connectivity index (χ0n) is 7.94. The number of carbonyl (C=O) groups is 1. The molecule has 2 saturated heterocycles. The molecule has 0 spiro atoms. The SMILES string of the molecule is CC(=O)O[C@@]1(C#N)C[C@@H]2O[C@H]1[C@@H](F)[C@H]2F. The molecule has 2 aliphatic heterocycles. The van der Waals surface area contributed by atoms with Crippen LogP contribution in [0.1, 0.15) is 13.3 Å². The second kappa shape index (κ2) is 3.14. The molecule has 15 heavy (non-hydrogen) atoms. The van der Waals surface area contributed by atoms with Gasteiger partial charge in [0, 0.05) is 13.3 Å². The van der Waals surface area contributed by atoms with Gasteiger partial charge in [-0.1, -0.05) is 0 Å². The van der Waals surface area contributed by atoms with Gasteiger partial charge in [-0.05, 0) is 0 Å². The van der Waals surface area contributed by atoms with Gasteiger partial charge in [-0.25, -0.2) is 8.78 Å². The Morgan fingerprint density at radius 2 is 2.27 bits per heavy atom. The normalized spacial score (nSPS) is 47.6. The number of esters is 1. The fourth-order valence-corrected chi connectivity index (χ4v) is 2.14. The van der Waals surface area contributed by atoms with Gasteiger partial charge in [0.1, 0.15) is 12.2 Å². The molecule has 0 amide bonds. The van der Waals surface area contributed by atoms with Crippen molar-refractivity contribution in [3.63, 3.8) is 0 Å². The number of nitrogens with zero attached hydrogens (tertiary/aromatic N) is 1. The van der Waals surface area contributed by atoms with Crippen molar-refractivity contribution in [2.75, 3.05) is 0 Å². The highest BCUT2D eigenvalue weighted by atomic mass is 19.2. The standard InChI is InChI=1S/C9H9F2NO3/c1-4(13)15-9(3-12)2-5-6(10)7(11)8(9)14-5/h5-8H,2H2,1H3/t5-,6-,7-,8-,9+/m0/s1. The maximum Gasteiger partial charge on any atom is 0.304 e. The lowest BCUT2D eigenvalue weighted by molar-refractivity contribution is -0.158. The summed E-state index contributed by atoms with van der Waals surface area (Å²) in [4.78, 5) is 10.8. The van der Waals surface area contributed by atoms with Crippen LogP contribution in [0.4, 0.5) is 8.78 Å². The zero-order valence-corrected chi connectivity index (χ0v) is 7.94. The Morgan fingerprint density at radius 1 is 1.60 bits per heavy atom. The molecule has 4 nitrogen and oxygen atoms in total. The first kappa shape index (κ1) is 10.3. The van der Waals surface area contributed by atoms with Gasteiger partial charge in [-0.2, -0.15) is 5.26 Å². The molecule has 0 unspecified atom stereocenters. The van der Waals surface area contributed by atoms with Gasteiger partial charge in [-0.15, -0.1) is 0 Å². The number of hydrogen-bond donors (Lipinski definition) is 0. The maximum absolute atomic E-state index is 13.3. The van der Waals surface area contributed by atoms with Crippen molar-refractivity contribution >= 4 is 5.97 Å². The molecule has 82 valence electrons. The number of carbonyl (C=O) groups excluding carboxylic acids is 1. The van der Waals surface area contributed by atoms with E-state index in [2.05, 4.69) is 0 Å². The van der Waals surface area contributed by atoms with E-state index in [9.17, 15) is 13.6 Å². The van der Waals surface area contributed by atoms with E-state index in [1.54, 1.807) is 6.07 Å². The number of ether oxygens (including phenoxy) is 2. The highest BCUT2D eigenvalue weighted by molar-refractivity contribution is 5.67. The summed E-state index contributed by atoms with van der Waals surface area (Å²) in [7, 11) is 0. The summed E-state index contributed by atoms with van der Waals surface area (Å²) in [6.07, 6.45) is -6.01. The van der Waals surface area contributed by atoms with Gasteiger partial charge in [0.25, 0.3) is 0 Å². The number of halogens is 2. The number of alkyl halides is 2. The molecule has 2 rings (SSSR count). The van der Waals surface area contributed by atoms with E-state index < -0.39 is 36.1 Å². The van der Waals surface area contributed by atoms with E-state index in [0.717, 1.165) is 6.92 Å². The molecule has 0 aromatic rings. The summed E-state index contributed by atoms with van der Waals surface area (Å²) in [6, 6.07) is 1.72. The van der Waals surface area contributed by atoms with E-state index in [4.69, 9.17) is 14.7 Å². The Labute approximate surface area is 84.8 Å². The van der Waals surface area contributed by atoms with Crippen molar-refractivity contribution in [1.82, 2.24) is 0 Å². The lowest BCUT2D eigenvalue weighted by atomic mass is 9.83. The Balaban J connectivity index is 2.25. The quantitative estimate of drug-likeness (QED) is 0.605. The predicted molar refractivity (Wildman–Crippen MR) is 43.2 cm³/mol. The van der Waals surface area contributed by atoms with Gasteiger partial charge in [0.05, 0.1) is 6.10 Å². The summed E-state index contributed by atoms with van der Waals surface area (Å²) in [5, 5.41) is 8.90. The molecule has 0 saturated carbocycles. The average molecular weight is 217 g/mol. The van der Waals surface area contributed by atoms with Crippen molar-refractivity contribution in [3.8, 4) is 6.07 Å². The summed E-state index contributed by atoms with van der Waals surface area (Å²) < 4.78 is 36.1. The van der Waals surface area contributed by atoms with Crippen LogP contribution in [0.2, 0.25) is 0 Å². The van der Waals surface area contributed by atoms with Crippen molar-refractivity contribution in [3.05, 3.63) is 0 Å². The van der Waals surface area contributed by atoms with Crippen LogP contribution in [-0.4, -0.2) is 36.1 Å². The van der Waals surface area contributed by atoms with E-state index in [1.165, 1.54) is 0 Å². The number of nitriles is 1. The molecule has 2 bridgehead atoms. The van der Waals surface area contributed by atoms with Crippen molar-refractivity contribution in [1.29, 1.82) is 5.26 Å². The Bertz CT molecular complexity index is 341. The van der Waals surface area contributed by atoms with E-state index in [-0.39, 0.29) is 6.42 Å². The van der Waals surface area contributed by atoms with Gasteiger partial charge >= 0.3 is 5.97 Å². The van der Waals surface area contributed by atoms with Gasteiger partial charge in [0.15, 0.2) is 12.3 Å². The van der Waals surface area contributed by atoms with Crippen LogP contribution >= 0.6 is 0 Å². The minimum absolute atomic E-state index is 0.102. The average Bonchev–Trinajstić information content (AvgIpc) is 2.65. The van der Waals surface area contributed by atoms with Gasteiger partial charge in [-0.3, -0.25) is 4.79 Å². The largest absolute Gasteiger partial charge is 0.441 e. The minimum atomic E-state index is -1.90. The first-order valence-corrected chi connectivity index (χ1v) is 4.54. The van der Waals surface area contributed by atoms with E-state index in [1.807, 2.05) is 0 Å². The molecule has 5 atom stereocenters. The van der Waals surface area contributed by atoms with Gasteiger partial charge < -0.3 is 9.47 Å². The van der Waals surface area contributed by atoms with Crippen molar-refractivity contribution in [2.24, 2.45) is 0 Å². The molecular formula is C9H9F2NO3. The van der Waals surface area contributed by atoms with Crippen molar-refractivity contribution in [2.45, 2.75) is 43.5 Å². The van der Waals surface area contributed by atoms with Crippen LogP contribution in [0, 0.1) is 11.3 Å². The molecule has 0 radical (unpaired) electrons. The topological polar surface area (TPSA) is 59.3 Å². The summed E-state index contributed by atoms with van der Waals surface area (Å²) >= 11 is 0. The van der Waals surface area contributed by atoms with Crippen LogP contribution in [0.5, 0.6) is 0 Å². The molecule has 2 heterocycles. The summed E-state index contributed by atoms with van der Waals surface area (Å²) in [6.45, 7) is 1.12. The van der Waals surface area contributed by atoms with E-state index >= 15 is 0 Å². The summed E-state index contributed by atoms with van der Waals surface area (Å²) in [5.41, 5.74) is -1.65. The molecule has 0 aromatic carbocycles. The second-order valence-corrected chi connectivity index (χ2v) is 3.78. The molecule has 0 aliphatic carbocycles. The highest BCUT2D eigenvalue weighted by Crippen LogP contribution is 2.46. The lowest BCUT2D eigenvalue weighted by Crippen LogP contribution is -2.51. The number of rotatable bonds is 1. The smallest absolute Gasteiger partial charge is 0.304 e. The molecule has 2 aliphatic rings. The predicted octanol–water partition coefficient (Wildman–Crippen LogP) is 0.659. The zero-order chi connectivity index (χ0) is 11.2. The van der Waals surface area contributed by atoms with Crippen LogP contribution in [0.15, 0.2) is 0 Å². The molecule has 2 fully saturated rings. The lowest BCUT2D eigenvalue weighted by Gasteiger charge is -2.30. The maximum atomic E-state index is 13.3. The van der Waals surface area contributed by atoms with Crippen molar-refractivity contribution < 1.29 is 23.0 Å². The minimum Gasteiger partial charge on any atom is -0.441 e. The number of fused-ring (bicyclic) bond motifs is 2. The second-order valence-electron chi connectivity index (χ2n) is 3.78. The fourth-order valence-electron chi connectivity index (χ4n) is 2.14. The van der Waals surface area contributed by atoms with Crippen LogP contribution in [0.3, 0.4) is 0 Å². The Morgan fingerprint density at radius 3 is 2.67 bits per heavy atom. The molecule has 0 N–H and O–H groups in total.